The van der Waals surface area contributed by atoms with Crippen LogP contribution in [0.3, 0.4) is 0 Å². The van der Waals surface area contributed by atoms with Crippen molar-refractivity contribution in [3.05, 3.63) is 66.4 Å². The van der Waals surface area contributed by atoms with E-state index in [2.05, 4.69) is 73.4 Å². The highest BCUT2D eigenvalue weighted by molar-refractivity contribution is 5.94. The second-order valence-corrected chi connectivity index (χ2v) is 5.16. The quantitative estimate of drug-likeness (QED) is 0.619. The average molecular weight is 247 g/mol. The van der Waals surface area contributed by atoms with Crippen molar-refractivity contribution in [3.8, 4) is 11.3 Å². The second-order valence-electron chi connectivity index (χ2n) is 5.16. The van der Waals surface area contributed by atoms with E-state index in [0.29, 0.717) is 5.92 Å². The van der Waals surface area contributed by atoms with Gasteiger partial charge >= 0.3 is 0 Å². The second kappa shape index (κ2) is 4.85. The van der Waals surface area contributed by atoms with Crippen LogP contribution in [0.2, 0.25) is 0 Å². The summed E-state index contributed by atoms with van der Waals surface area (Å²) in [5.41, 5.74) is 3.62. The van der Waals surface area contributed by atoms with Crippen molar-refractivity contribution in [1.82, 2.24) is 4.98 Å². The van der Waals surface area contributed by atoms with Crippen LogP contribution in [-0.2, 0) is 0 Å². The van der Waals surface area contributed by atoms with Gasteiger partial charge in [0.1, 0.15) is 0 Å². The molecule has 0 atom stereocenters. The number of hydrogen-bond acceptors (Lipinski definition) is 1. The van der Waals surface area contributed by atoms with E-state index >= 15 is 0 Å². The lowest BCUT2D eigenvalue weighted by Gasteiger charge is -2.09. The Morgan fingerprint density at radius 2 is 1.74 bits per heavy atom. The molecule has 0 aliphatic rings. The van der Waals surface area contributed by atoms with Crippen LogP contribution in [0.1, 0.15) is 25.3 Å². The lowest BCUT2D eigenvalue weighted by atomic mass is 9.97. The van der Waals surface area contributed by atoms with Crippen molar-refractivity contribution in [2.45, 2.75) is 19.8 Å². The molecule has 1 aromatic heterocycles. The monoisotopic (exact) mass is 247 g/mol. The molecule has 0 aliphatic carbocycles. The van der Waals surface area contributed by atoms with Crippen molar-refractivity contribution in [2.75, 3.05) is 0 Å². The maximum absolute atomic E-state index is 4.58. The highest BCUT2D eigenvalue weighted by atomic mass is 14.7. The van der Waals surface area contributed by atoms with Gasteiger partial charge in [0.15, 0.2) is 0 Å². The van der Waals surface area contributed by atoms with Crippen LogP contribution in [0.15, 0.2) is 60.8 Å². The van der Waals surface area contributed by atoms with Crippen LogP contribution >= 0.6 is 0 Å². The summed E-state index contributed by atoms with van der Waals surface area (Å²) in [6.45, 7) is 4.44. The van der Waals surface area contributed by atoms with E-state index in [9.17, 15) is 0 Å². The Balaban J connectivity index is 2.22. The largest absolute Gasteiger partial charge is 0.256 e. The maximum atomic E-state index is 4.58. The van der Waals surface area contributed by atoms with Gasteiger partial charge in [-0.1, -0.05) is 56.3 Å². The minimum Gasteiger partial charge on any atom is -0.256 e. The number of rotatable bonds is 2. The number of aromatic nitrogens is 1. The van der Waals surface area contributed by atoms with Gasteiger partial charge in [0.2, 0.25) is 0 Å². The maximum Gasteiger partial charge on any atom is 0.0780 e. The van der Waals surface area contributed by atoms with Crippen LogP contribution in [0.25, 0.3) is 22.0 Å². The van der Waals surface area contributed by atoms with E-state index in [1.807, 2.05) is 6.20 Å². The predicted octanol–water partition coefficient (Wildman–Crippen LogP) is 5.03. The van der Waals surface area contributed by atoms with Gasteiger partial charge in [-0.05, 0) is 29.0 Å². The zero-order valence-corrected chi connectivity index (χ0v) is 11.3. The van der Waals surface area contributed by atoms with E-state index in [1.54, 1.807) is 0 Å². The van der Waals surface area contributed by atoms with E-state index in [1.165, 1.54) is 21.9 Å². The smallest absolute Gasteiger partial charge is 0.0780 e. The third kappa shape index (κ3) is 2.24. The van der Waals surface area contributed by atoms with Crippen molar-refractivity contribution < 1.29 is 0 Å². The van der Waals surface area contributed by atoms with E-state index in [4.69, 9.17) is 0 Å². The molecule has 0 saturated carbocycles. The lowest BCUT2D eigenvalue weighted by molar-refractivity contribution is 0.867. The topological polar surface area (TPSA) is 12.9 Å². The summed E-state index contributed by atoms with van der Waals surface area (Å²) in [6.07, 6.45) is 1.89. The molecule has 0 saturated heterocycles. The summed E-state index contributed by atoms with van der Waals surface area (Å²) in [4.78, 5) is 4.58. The predicted molar refractivity (Wildman–Crippen MR) is 81.3 cm³/mol. The van der Waals surface area contributed by atoms with Crippen LogP contribution in [-0.4, -0.2) is 4.98 Å². The van der Waals surface area contributed by atoms with Gasteiger partial charge in [-0.25, -0.2) is 0 Å². The summed E-state index contributed by atoms with van der Waals surface area (Å²) < 4.78 is 0. The fourth-order valence-corrected chi connectivity index (χ4v) is 2.39. The molecular formula is C18H17N. The molecule has 0 unspecified atom stereocenters. The molecule has 19 heavy (non-hydrogen) atoms. The first kappa shape index (κ1) is 11.9. The third-order valence-corrected chi connectivity index (χ3v) is 3.50. The van der Waals surface area contributed by atoms with Gasteiger partial charge in [-0.3, -0.25) is 4.98 Å². The van der Waals surface area contributed by atoms with Gasteiger partial charge in [0.25, 0.3) is 0 Å². The molecule has 3 aromatic rings. The van der Waals surface area contributed by atoms with E-state index in [-0.39, 0.29) is 0 Å². The summed E-state index contributed by atoms with van der Waals surface area (Å²) >= 11 is 0. The summed E-state index contributed by atoms with van der Waals surface area (Å²) in [5, 5.41) is 2.45. The van der Waals surface area contributed by atoms with E-state index < -0.39 is 0 Å². The van der Waals surface area contributed by atoms with Crippen LogP contribution in [0.4, 0.5) is 0 Å². The zero-order valence-electron chi connectivity index (χ0n) is 11.3. The van der Waals surface area contributed by atoms with Gasteiger partial charge in [-0.2, -0.15) is 0 Å². The van der Waals surface area contributed by atoms with Crippen LogP contribution < -0.4 is 0 Å². The van der Waals surface area contributed by atoms with Crippen LogP contribution in [0, 0.1) is 0 Å². The number of benzene rings is 2. The highest BCUT2D eigenvalue weighted by Crippen LogP contribution is 2.28. The summed E-state index contributed by atoms with van der Waals surface area (Å²) in [6, 6.07) is 19.2. The molecule has 0 N–H and O–H groups in total. The first-order chi connectivity index (χ1) is 9.25. The zero-order chi connectivity index (χ0) is 13.2. The first-order valence-corrected chi connectivity index (χ1v) is 6.70. The number of nitrogens with zero attached hydrogens (tertiary/aromatic N) is 1. The SMILES string of the molecule is CC(C)c1cccc(-c2nccc3ccccc23)c1. The Morgan fingerprint density at radius 3 is 2.58 bits per heavy atom. The Morgan fingerprint density at radius 1 is 0.895 bits per heavy atom. The van der Waals surface area contributed by atoms with E-state index in [0.717, 1.165) is 5.69 Å². The number of fused-ring (bicyclic) bond motifs is 1. The van der Waals surface area contributed by atoms with Crippen molar-refractivity contribution >= 4 is 10.8 Å². The number of pyridine rings is 1. The molecule has 94 valence electrons. The third-order valence-electron chi connectivity index (χ3n) is 3.50. The fraction of sp³-hybridized carbons (Fsp3) is 0.167. The summed E-state index contributed by atoms with van der Waals surface area (Å²) in [7, 11) is 0. The van der Waals surface area contributed by atoms with Crippen molar-refractivity contribution in [1.29, 1.82) is 0 Å². The summed E-state index contributed by atoms with van der Waals surface area (Å²) in [5.74, 6) is 0.537. The van der Waals surface area contributed by atoms with Gasteiger partial charge in [0.05, 0.1) is 5.69 Å². The Bertz CT molecular complexity index is 708. The molecule has 0 spiro atoms. The highest BCUT2D eigenvalue weighted by Gasteiger charge is 2.06. The first-order valence-electron chi connectivity index (χ1n) is 6.70. The Hall–Kier alpha value is -2.15. The normalized spacial score (nSPS) is 11.1. The Kier molecular flexibility index (Phi) is 3.04. The molecule has 1 heteroatoms. The molecule has 0 bridgehead atoms. The van der Waals surface area contributed by atoms with Gasteiger partial charge in [0, 0.05) is 17.1 Å². The lowest BCUT2D eigenvalue weighted by Crippen LogP contribution is -1.90. The molecule has 0 radical (unpaired) electrons. The molecule has 1 heterocycles. The average Bonchev–Trinajstić information content (AvgIpc) is 2.47. The molecule has 1 nitrogen and oxygen atoms in total. The molecular weight excluding hydrogens is 230 g/mol. The van der Waals surface area contributed by atoms with Gasteiger partial charge < -0.3 is 0 Å². The number of hydrogen-bond donors (Lipinski definition) is 0. The molecule has 2 aromatic carbocycles. The minimum absolute atomic E-state index is 0.537. The van der Waals surface area contributed by atoms with Gasteiger partial charge in [-0.15, -0.1) is 0 Å². The molecule has 0 aliphatic heterocycles. The molecule has 0 fully saturated rings. The van der Waals surface area contributed by atoms with Crippen LogP contribution in [0.5, 0.6) is 0 Å². The van der Waals surface area contributed by atoms with Crippen molar-refractivity contribution in [2.24, 2.45) is 0 Å². The fourth-order valence-electron chi connectivity index (χ4n) is 2.39. The standard InChI is InChI=1S/C18H17N/c1-13(2)15-7-5-8-16(12-15)18-17-9-4-3-6-14(17)10-11-19-18/h3-13H,1-2H3. The Labute approximate surface area is 113 Å². The molecule has 3 rings (SSSR count). The minimum atomic E-state index is 0.537. The van der Waals surface area contributed by atoms with Crippen molar-refractivity contribution in [3.63, 3.8) is 0 Å². The molecule has 0 amide bonds.